The average molecular weight is 277 g/mol. The van der Waals surface area contributed by atoms with Gasteiger partial charge in [0.25, 0.3) is 5.91 Å². The fourth-order valence-corrected chi connectivity index (χ4v) is 1.73. The Kier molecular flexibility index (Phi) is 3.40. The van der Waals surface area contributed by atoms with Gasteiger partial charge in [-0.2, -0.15) is 10.4 Å². The number of amides is 1. The van der Waals surface area contributed by atoms with E-state index in [2.05, 4.69) is 10.4 Å². The van der Waals surface area contributed by atoms with Crippen LogP contribution in [-0.2, 0) is 7.05 Å². The molecule has 6 nitrogen and oxygen atoms in total. The van der Waals surface area contributed by atoms with Crippen LogP contribution in [0.4, 0.5) is 5.82 Å². The Morgan fingerprint density at radius 1 is 1.58 bits per heavy atom. The third-order valence-electron chi connectivity index (χ3n) is 2.38. The molecule has 0 aliphatic carbocycles. The van der Waals surface area contributed by atoms with E-state index in [1.54, 1.807) is 7.05 Å². The molecule has 0 saturated heterocycles. The lowest BCUT2D eigenvalue weighted by molar-refractivity contribution is 0.102. The summed E-state index contributed by atoms with van der Waals surface area (Å²) in [4.78, 5) is 12.0. The zero-order valence-corrected chi connectivity index (χ0v) is 10.6. The van der Waals surface area contributed by atoms with Gasteiger partial charge in [0.05, 0.1) is 10.6 Å². The number of hydrogen-bond donors (Lipinski definition) is 2. The number of aromatic hydroxyl groups is 1. The molecule has 2 aromatic rings. The molecule has 96 valence electrons. The number of nitrogens with one attached hydrogen (secondary N) is 1. The maximum Gasteiger partial charge on any atom is 0.258 e. The van der Waals surface area contributed by atoms with Crippen molar-refractivity contribution in [2.24, 2.45) is 7.05 Å². The second-order valence-corrected chi connectivity index (χ2v) is 4.20. The lowest BCUT2D eigenvalue weighted by Gasteiger charge is -2.05. The number of halogens is 1. The van der Waals surface area contributed by atoms with Crippen molar-refractivity contribution in [2.75, 3.05) is 5.32 Å². The van der Waals surface area contributed by atoms with E-state index in [9.17, 15) is 9.90 Å². The Labute approximate surface area is 113 Å². The fraction of sp³-hybridized carbons (Fsp3) is 0.0833. The van der Waals surface area contributed by atoms with Crippen molar-refractivity contribution in [1.29, 1.82) is 5.26 Å². The molecule has 1 heterocycles. The van der Waals surface area contributed by atoms with Gasteiger partial charge in [-0.3, -0.25) is 9.48 Å². The highest BCUT2D eigenvalue weighted by atomic mass is 35.5. The molecule has 0 radical (unpaired) electrons. The molecule has 0 aliphatic rings. The van der Waals surface area contributed by atoms with Gasteiger partial charge in [-0.25, -0.2) is 0 Å². The standard InChI is InChI=1S/C12H9ClN4O2/c1-17-6-7(5-14)11(16-17)15-12(19)9-4-8(18)2-3-10(9)13/h2-4,6,18H,1H3,(H,15,16,19). The van der Waals surface area contributed by atoms with E-state index in [0.717, 1.165) is 0 Å². The van der Waals surface area contributed by atoms with Crippen LogP contribution >= 0.6 is 11.6 Å². The average Bonchev–Trinajstić information content (AvgIpc) is 2.72. The number of aryl methyl sites for hydroxylation is 1. The Bertz CT molecular complexity index is 688. The normalized spacial score (nSPS) is 9.95. The highest BCUT2D eigenvalue weighted by Gasteiger charge is 2.15. The number of nitriles is 1. The summed E-state index contributed by atoms with van der Waals surface area (Å²) in [5.41, 5.74) is 0.350. The minimum absolute atomic E-state index is 0.0731. The number of nitrogens with zero attached hydrogens (tertiary/aromatic N) is 3. The number of hydrogen-bond acceptors (Lipinski definition) is 4. The Hall–Kier alpha value is -2.52. The quantitative estimate of drug-likeness (QED) is 0.876. The van der Waals surface area contributed by atoms with Crippen molar-refractivity contribution in [3.8, 4) is 11.8 Å². The van der Waals surface area contributed by atoms with Crippen LogP contribution in [0.3, 0.4) is 0 Å². The fourth-order valence-electron chi connectivity index (χ4n) is 1.52. The maximum atomic E-state index is 12.0. The maximum absolute atomic E-state index is 12.0. The van der Waals surface area contributed by atoms with Gasteiger partial charge in [-0.05, 0) is 18.2 Å². The highest BCUT2D eigenvalue weighted by Crippen LogP contribution is 2.22. The van der Waals surface area contributed by atoms with Gasteiger partial charge in [0, 0.05) is 13.2 Å². The van der Waals surface area contributed by atoms with Gasteiger partial charge in [0.1, 0.15) is 17.4 Å². The van der Waals surface area contributed by atoms with Crippen molar-refractivity contribution in [3.05, 3.63) is 40.5 Å². The van der Waals surface area contributed by atoms with Crippen LogP contribution in [0.1, 0.15) is 15.9 Å². The van der Waals surface area contributed by atoms with E-state index in [1.807, 2.05) is 6.07 Å². The van der Waals surface area contributed by atoms with Gasteiger partial charge in [-0.15, -0.1) is 0 Å². The second kappa shape index (κ2) is 5.00. The third-order valence-corrected chi connectivity index (χ3v) is 2.71. The minimum atomic E-state index is -0.545. The monoisotopic (exact) mass is 276 g/mol. The van der Waals surface area contributed by atoms with Crippen LogP contribution in [0.25, 0.3) is 0 Å². The molecule has 0 saturated carbocycles. The number of phenolic OH excluding ortho intramolecular Hbond substituents is 1. The Morgan fingerprint density at radius 3 is 3.00 bits per heavy atom. The van der Waals surface area contributed by atoms with Crippen LogP contribution < -0.4 is 5.32 Å². The molecule has 0 aliphatic heterocycles. The largest absolute Gasteiger partial charge is 0.508 e. The molecule has 7 heteroatoms. The lowest BCUT2D eigenvalue weighted by Crippen LogP contribution is -2.13. The summed E-state index contributed by atoms with van der Waals surface area (Å²) in [5, 5.41) is 24.9. The molecule has 0 bridgehead atoms. The van der Waals surface area contributed by atoms with E-state index in [1.165, 1.54) is 29.1 Å². The van der Waals surface area contributed by atoms with Crippen molar-refractivity contribution in [3.63, 3.8) is 0 Å². The molecule has 0 fully saturated rings. The summed E-state index contributed by atoms with van der Waals surface area (Å²) in [6.07, 6.45) is 1.49. The molecular weight excluding hydrogens is 268 g/mol. The molecule has 19 heavy (non-hydrogen) atoms. The Balaban J connectivity index is 2.31. The molecule has 2 N–H and O–H groups in total. The first-order valence-corrected chi connectivity index (χ1v) is 5.62. The topological polar surface area (TPSA) is 90.9 Å². The van der Waals surface area contributed by atoms with Crippen LogP contribution in [-0.4, -0.2) is 20.8 Å². The summed E-state index contributed by atoms with van der Waals surface area (Å²) in [7, 11) is 1.64. The van der Waals surface area contributed by atoms with E-state index in [0.29, 0.717) is 0 Å². The summed E-state index contributed by atoms with van der Waals surface area (Å²) < 4.78 is 1.41. The predicted molar refractivity (Wildman–Crippen MR) is 69.0 cm³/mol. The SMILES string of the molecule is Cn1cc(C#N)c(NC(=O)c2cc(O)ccc2Cl)n1. The number of benzene rings is 1. The third kappa shape index (κ3) is 2.67. The smallest absolute Gasteiger partial charge is 0.258 e. The van der Waals surface area contributed by atoms with Crippen molar-refractivity contribution < 1.29 is 9.90 Å². The van der Waals surface area contributed by atoms with Gasteiger partial charge in [0.15, 0.2) is 5.82 Å². The van der Waals surface area contributed by atoms with Crippen LogP contribution in [0.2, 0.25) is 5.02 Å². The molecule has 0 spiro atoms. The van der Waals surface area contributed by atoms with Crippen molar-refractivity contribution in [1.82, 2.24) is 9.78 Å². The number of anilines is 1. The first-order chi connectivity index (χ1) is 9.01. The highest BCUT2D eigenvalue weighted by molar-refractivity contribution is 6.34. The molecule has 1 aromatic carbocycles. The van der Waals surface area contributed by atoms with E-state index < -0.39 is 5.91 Å². The van der Waals surface area contributed by atoms with Gasteiger partial charge in [-0.1, -0.05) is 11.6 Å². The number of aromatic nitrogens is 2. The zero-order chi connectivity index (χ0) is 14.0. The molecule has 1 amide bonds. The first kappa shape index (κ1) is 12.9. The second-order valence-electron chi connectivity index (χ2n) is 3.80. The molecule has 0 atom stereocenters. The molecular formula is C12H9ClN4O2. The summed E-state index contributed by atoms with van der Waals surface area (Å²) in [6.45, 7) is 0. The van der Waals surface area contributed by atoms with Gasteiger partial charge < -0.3 is 10.4 Å². The zero-order valence-electron chi connectivity index (χ0n) is 9.88. The van der Waals surface area contributed by atoms with E-state index in [4.69, 9.17) is 16.9 Å². The number of carbonyl (C=O) groups excluding carboxylic acids is 1. The number of carbonyl (C=O) groups is 1. The number of rotatable bonds is 2. The summed E-state index contributed by atoms with van der Waals surface area (Å²) in [5.74, 6) is -0.471. The summed E-state index contributed by atoms with van der Waals surface area (Å²) in [6, 6.07) is 5.95. The predicted octanol–water partition coefficient (Wildman–Crippen LogP) is 1.90. The molecule has 2 rings (SSSR count). The van der Waals surface area contributed by atoms with Gasteiger partial charge in [0.2, 0.25) is 0 Å². The summed E-state index contributed by atoms with van der Waals surface area (Å²) >= 11 is 5.87. The molecule has 1 aromatic heterocycles. The van der Waals surface area contributed by atoms with Crippen molar-refractivity contribution >= 4 is 23.3 Å². The lowest BCUT2D eigenvalue weighted by atomic mass is 10.2. The number of phenols is 1. The van der Waals surface area contributed by atoms with E-state index in [-0.39, 0.29) is 27.7 Å². The van der Waals surface area contributed by atoms with Gasteiger partial charge >= 0.3 is 0 Å². The first-order valence-electron chi connectivity index (χ1n) is 5.25. The van der Waals surface area contributed by atoms with Crippen LogP contribution in [0.15, 0.2) is 24.4 Å². The minimum Gasteiger partial charge on any atom is -0.508 e. The van der Waals surface area contributed by atoms with Crippen molar-refractivity contribution in [2.45, 2.75) is 0 Å². The van der Waals surface area contributed by atoms with E-state index >= 15 is 0 Å². The Morgan fingerprint density at radius 2 is 2.32 bits per heavy atom. The van der Waals surface area contributed by atoms with Crippen LogP contribution in [0, 0.1) is 11.3 Å². The molecule has 0 unspecified atom stereocenters. The van der Waals surface area contributed by atoms with Crippen LogP contribution in [0.5, 0.6) is 5.75 Å².